The molecule has 0 unspecified atom stereocenters. The fraction of sp³-hybridized carbons (Fsp3) is 0.0417. The van der Waals surface area contributed by atoms with Crippen LogP contribution in [0.3, 0.4) is 0 Å². The summed E-state index contributed by atoms with van der Waals surface area (Å²) in [7, 11) is 0. The van der Waals surface area contributed by atoms with Crippen LogP contribution in [0.15, 0.2) is 81.3 Å². The first-order valence-electron chi connectivity index (χ1n) is 9.76. The van der Waals surface area contributed by atoms with Crippen LogP contribution in [0, 0.1) is 5.82 Å². The second-order valence-corrected chi connectivity index (χ2v) is 8.76. The zero-order chi connectivity index (χ0) is 24.1. The van der Waals surface area contributed by atoms with Crippen LogP contribution in [0.4, 0.5) is 4.39 Å². The van der Waals surface area contributed by atoms with Gasteiger partial charge in [-0.1, -0.05) is 35.3 Å². The van der Waals surface area contributed by atoms with Gasteiger partial charge in [-0.05, 0) is 78.0 Å². The molecule has 1 heterocycles. The number of carbonyl (C=O) groups is 1. The summed E-state index contributed by atoms with van der Waals surface area (Å²) in [5.74, 6) is -0.904. The van der Waals surface area contributed by atoms with Gasteiger partial charge < -0.3 is 14.3 Å². The topological polar surface area (TPSA) is 85.5 Å². The van der Waals surface area contributed by atoms with E-state index in [1.54, 1.807) is 54.6 Å². The predicted molar refractivity (Wildman–Crippen MR) is 128 cm³/mol. The SMILES string of the molecule is O=C(O)/C(=C/c1cc(Cl)ccc1OCc1ccc(F)cc1)Sc1nnc(-c2ccc(Cl)cc2)o1. The second-order valence-electron chi connectivity index (χ2n) is 6.89. The minimum atomic E-state index is -1.19. The van der Waals surface area contributed by atoms with E-state index in [9.17, 15) is 14.3 Å². The average molecular weight is 517 g/mol. The second kappa shape index (κ2) is 10.7. The summed E-state index contributed by atoms with van der Waals surface area (Å²) >= 11 is 12.8. The number of benzene rings is 3. The van der Waals surface area contributed by atoms with Crippen molar-refractivity contribution >= 4 is 47.0 Å². The Bertz CT molecular complexity index is 1340. The van der Waals surface area contributed by atoms with Gasteiger partial charge in [0.25, 0.3) is 5.22 Å². The predicted octanol–water partition coefficient (Wildman–Crippen LogP) is 6.98. The highest BCUT2D eigenvalue weighted by Crippen LogP contribution is 2.33. The Morgan fingerprint density at radius 2 is 1.74 bits per heavy atom. The maximum absolute atomic E-state index is 13.1. The first kappa shape index (κ1) is 23.8. The molecule has 0 saturated heterocycles. The van der Waals surface area contributed by atoms with E-state index in [-0.39, 0.29) is 28.4 Å². The smallest absolute Gasteiger partial charge is 0.342 e. The van der Waals surface area contributed by atoms with Gasteiger partial charge in [-0.15, -0.1) is 10.2 Å². The van der Waals surface area contributed by atoms with E-state index in [0.29, 0.717) is 26.9 Å². The molecule has 1 N–H and O–H groups in total. The van der Waals surface area contributed by atoms with Crippen LogP contribution in [0.1, 0.15) is 11.1 Å². The highest BCUT2D eigenvalue weighted by molar-refractivity contribution is 8.03. The third-order valence-corrected chi connectivity index (χ3v) is 5.81. The van der Waals surface area contributed by atoms with Crippen LogP contribution in [-0.2, 0) is 11.4 Å². The van der Waals surface area contributed by atoms with Gasteiger partial charge in [0.05, 0.1) is 0 Å². The van der Waals surface area contributed by atoms with Gasteiger partial charge in [-0.3, -0.25) is 0 Å². The average Bonchev–Trinajstić information content (AvgIpc) is 3.28. The normalized spacial score (nSPS) is 11.4. The molecule has 4 aromatic rings. The standard InChI is InChI=1S/C24H15Cl2FN2O4S/c25-17-5-3-15(4-6-17)22-28-29-24(33-22)34-21(23(30)31)12-16-11-18(26)7-10-20(16)32-13-14-1-8-19(27)9-2-14/h1-12H,13H2,(H,30,31)/b21-12-. The van der Waals surface area contributed by atoms with Crippen molar-refractivity contribution in [3.8, 4) is 17.2 Å². The molecule has 4 rings (SSSR count). The summed E-state index contributed by atoms with van der Waals surface area (Å²) < 4.78 is 24.6. The lowest BCUT2D eigenvalue weighted by Gasteiger charge is -2.11. The number of nitrogens with zero attached hydrogens (tertiary/aromatic N) is 2. The number of halogens is 3. The van der Waals surface area contributed by atoms with Crippen molar-refractivity contribution < 1.29 is 23.4 Å². The van der Waals surface area contributed by atoms with Crippen molar-refractivity contribution in [2.75, 3.05) is 0 Å². The van der Waals surface area contributed by atoms with E-state index in [1.807, 2.05) is 0 Å². The number of rotatable bonds is 8. The number of aliphatic carboxylic acids is 1. The maximum Gasteiger partial charge on any atom is 0.342 e. The molecule has 172 valence electrons. The fourth-order valence-electron chi connectivity index (χ4n) is 2.84. The van der Waals surface area contributed by atoms with Crippen molar-refractivity contribution in [2.24, 2.45) is 0 Å². The Kier molecular flexibility index (Phi) is 7.52. The van der Waals surface area contributed by atoms with Crippen LogP contribution >= 0.6 is 35.0 Å². The zero-order valence-electron chi connectivity index (χ0n) is 17.2. The Labute approximate surface area is 208 Å². The van der Waals surface area contributed by atoms with Gasteiger partial charge >= 0.3 is 5.97 Å². The Hall–Kier alpha value is -3.33. The van der Waals surface area contributed by atoms with E-state index in [0.717, 1.165) is 17.3 Å². The van der Waals surface area contributed by atoms with Gasteiger partial charge in [0.15, 0.2) is 0 Å². The minimum Gasteiger partial charge on any atom is -0.488 e. The van der Waals surface area contributed by atoms with Crippen LogP contribution in [0.2, 0.25) is 10.0 Å². The van der Waals surface area contributed by atoms with Crippen LogP contribution in [0.5, 0.6) is 5.75 Å². The van der Waals surface area contributed by atoms with Gasteiger partial charge in [0, 0.05) is 21.2 Å². The van der Waals surface area contributed by atoms with Gasteiger partial charge in [-0.2, -0.15) is 0 Å². The fourth-order valence-corrected chi connectivity index (χ4v) is 3.81. The number of carboxylic acid groups (broad SMARTS) is 1. The summed E-state index contributed by atoms with van der Waals surface area (Å²) in [4.78, 5) is 11.8. The molecular formula is C24H15Cl2FN2O4S. The molecular weight excluding hydrogens is 502 g/mol. The van der Waals surface area contributed by atoms with Gasteiger partial charge in [0.1, 0.15) is 23.1 Å². The van der Waals surface area contributed by atoms with Crippen LogP contribution < -0.4 is 4.74 Å². The Morgan fingerprint density at radius 3 is 2.44 bits per heavy atom. The molecule has 6 nitrogen and oxygen atoms in total. The van der Waals surface area contributed by atoms with Crippen molar-refractivity contribution in [3.63, 3.8) is 0 Å². The molecule has 0 spiro atoms. The molecule has 0 radical (unpaired) electrons. The summed E-state index contributed by atoms with van der Waals surface area (Å²) in [5, 5.41) is 18.6. The molecule has 0 aliphatic heterocycles. The maximum atomic E-state index is 13.1. The molecule has 0 aliphatic carbocycles. The first-order chi connectivity index (χ1) is 16.4. The highest BCUT2D eigenvalue weighted by atomic mass is 35.5. The first-order valence-corrected chi connectivity index (χ1v) is 11.3. The molecule has 0 aliphatic rings. The van der Waals surface area contributed by atoms with Crippen molar-refractivity contribution in [1.82, 2.24) is 10.2 Å². The summed E-state index contributed by atoms with van der Waals surface area (Å²) in [5.41, 5.74) is 1.84. The monoisotopic (exact) mass is 516 g/mol. The summed E-state index contributed by atoms with van der Waals surface area (Å²) in [6.45, 7) is 0.159. The quantitative estimate of drug-likeness (QED) is 0.199. The molecule has 10 heteroatoms. The van der Waals surface area contributed by atoms with E-state index in [1.165, 1.54) is 18.2 Å². The van der Waals surface area contributed by atoms with E-state index < -0.39 is 5.97 Å². The van der Waals surface area contributed by atoms with Crippen molar-refractivity contribution in [1.29, 1.82) is 0 Å². The molecule has 3 aromatic carbocycles. The molecule has 0 fully saturated rings. The van der Waals surface area contributed by atoms with Crippen LogP contribution in [0.25, 0.3) is 17.5 Å². The van der Waals surface area contributed by atoms with Gasteiger partial charge in [0.2, 0.25) is 5.89 Å². The number of thioether (sulfide) groups is 1. The summed E-state index contributed by atoms with van der Waals surface area (Å²) in [6.07, 6.45) is 1.41. The van der Waals surface area contributed by atoms with E-state index >= 15 is 0 Å². The molecule has 0 atom stereocenters. The van der Waals surface area contributed by atoms with Crippen molar-refractivity contribution in [2.45, 2.75) is 11.8 Å². The van der Waals surface area contributed by atoms with E-state index in [4.69, 9.17) is 32.4 Å². The largest absolute Gasteiger partial charge is 0.488 e. The number of hydrogen-bond donors (Lipinski definition) is 1. The lowest BCUT2D eigenvalue weighted by Crippen LogP contribution is -2.00. The molecule has 34 heavy (non-hydrogen) atoms. The molecule has 1 aromatic heterocycles. The molecule has 0 bridgehead atoms. The lowest BCUT2D eigenvalue weighted by molar-refractivity contribution is -0.131. The Balaban J connectivity index is 1.56. The molecule has 0 saturated carbocycles. The number of aromatic nitrogens is 2. The lowest BCUT2D eigenvalue weighted by atomic mass is 10.2. The third-order valence-electron chi connectivity index (χ3n) is 4.47. The highest BCUT2D eigenvalue weighted by Gasteiger charge is 2.17. The zero-order valence-corrected chi connectivity index (χ0v) is 19.6. The van der Waals surface area contributed by atoms with Crippen LogP contribution in [-0.4, -0.2) is 21.3 Å². The van der Waals surface area contributed by atoms with Crippen molar-refractivity contribution in [3.05, 3.63) is 98.6 Å². The molecule has 0 amide bonds. The number of carboxylic acids is 1. The van der Waals surface area contributed by atoms with E-state index in [2.05, 4.69) is 10.2 Å². The minimum absolute atomic E-state index is 0.0504. The third kappa shape index (κ3) is 6.17. The Morgan fingerprint density at radius 1 is 1.03 bits per heavy atom. The number of ether oxygens (including phenoxy) is 1. The summed E-state index contributed by atoms with van der Waals surface area (Å²) in [6, 6.07) is 17.5. The number of hydrogen-bond acceptors (Lipinski definition) is 6. The van der Waals surface area contributed by atoms with Gasteiger partial charge in [-0.25, -0.2) is 9.18 Å².